The summed E-state index contributed by atoms with van der Waals surface area (Å²) < 4.78 is 12.6. The highest BCUT2D eigenvalue weighted by molar-refractivity contribution is 6.30. The molecule has 0 saturated heterocycles. The minimum absolute atomic E-state index is 0.275. The number of carbonyl (C=O) groups excluding carboxylic acids is 2. The van der Waals surface area contributed by atoms with Crippen molar-refractivity contribution in [1.82, 2.24) is 9.47 Å². The lowest BCUT2D eigenvalue weighted by molar-refractivity contribution is -0.133. The number of carbonyl (C=O) groups is 2. The van der Waals surface area contributed by atoms with E-state index in [1.165, 1.54) is 4.90 Å². The first-order valence-electron chi connectivity index (χ1n) is 9.79. The number of hydrogen-bond acceptors (Lipinski definition) is 4. The van der Waals surface area contributed by atoms with E-state index in [1.54, 1.807) is 38.4 Å². The van der Waals surface area contributed by atoms with Gasteiger partial charge in [-0.05, 0) is 43.7 Å². The van der Waals surface area contributed by atoms with E-state index in [2.05, 4.69) is 0 Å². The van der Waals surface area contributed by atoms with Crippen LogP contribution >= 0.6 is 11.6 Å². The molecule has 7 heteroatoms. The van der Waals surface area contributed by atoms with Crippen LogP contribution in [-0.4, -0.2) is 42.1 Å². The SMILES string of the molecule is COc1ccc(Cl)cc1-n1c(C)cc(C(=O)OCC(=O)N(C)Cc2ccccc2)c1C. The molecule has 1 amide bonds. The Morgan fingerprint density at radius 1 is 1.06 bits per heavy atom. The molecule has 1 aromatic heterocycles. The number of hydrogen-bond donors (Lipinski definition) is 0. The van der Waals surface area contributed by atoms with Crippen molar-refractivity contribution in [2.75, 3.05) is 20.8 Å². The summed E-state index contributed by atoms with van der Waals surface area (Å²) in [7, 11) is 3.26. The highest BCUT2D eigenvalue weighted by Crippen LogP contribution is 2.30. The molecule has 2 aromatic carbocycles. The van der Waals surface area contributed by atoms with Crippen LogP contribution in [0.1, 0.15) is 27.3 Å². The van der Waals surface area contributed by atoms with Gasteiger partial charge in [0.1, 0.15) is 5.75 Å². The molecular weight excluding hydrogens is 416 g/mol. The molecule has 0 atom stereocenters. The Bertz CT molecular complexity index is 1090. The summed E-state index contributed by atoms with van der Waals surface area (Å²) in [6.07, 6.45) is 0. The normalized spacial score (nSPS) is 10.6. The third-order valence-corrected chi connectivity index (χ3v) is 5.28. The molecule has 31 heavy (non-hydrogen) atoms. The fourth-order valence-corrected chi connectivity index (χ4v) is 3.61. The molecule has 0 aliphatic heterocycles. The van der Waals surface area contributed by atoms with E-state index in [9.17, 15) is 9.59 Å². The predicted octanol–water partition coefficient (Wildman–Crippen LogP) is 4.57. The average Bonchev–Trinajstić information content (AvgIpc) is 3.06. The van der Waals surface area contributed by atoms with Crippen LogP contribution in [0.25, 0.3) is 5.69 Å². The number of halogens is 1. The average molecular weight is 441 g/mol. The molecule has 0 unspecified atom stereocenters. The molecule has 0 bridgehead atoms. The first kappa shape index (κ1) is 22.4. The van der Waals surface area contributed by atoms with Crippen LogP contribution in [-0.2, 0) is 16.1 Å². The van der Waals surface area contributed by atoms with E-state index in [4.69, 9.17) is 21.1 Å². The van der Waals surface area contributed by atoms with Crippen LogP contribution in [0.2, 0.25) is 5.02 Å². The first-order valence-corrected chi connectivity index (χ1v) is 10.2. The number of aromatic nitrogens is 1. The zero-order valence-corrected chi connectivity index (χ0v) is 18.8. The van der Waals surface area contributed by atoms with Gasteiger partial charge in [-0.3, -0.25) is 4.79 Å². The Hall–Kier alpha value is -3.25. The van der Waals surface area contributed by atoms with Gasteiger partial charge >= 0.3 is 5.97 Å². The minimum Gasteiger partial charge on any atom is -0.495 e. The van der Waals surface area contributed by atoms with Crippen molar-refractivity contribution in [3.63, 3.8) is 0 Å². The standard InChI is InChI=1S/C24H25ClN2O4/c1-16-12-20(17(2)27(16)21-13-19(25)10-11-22(21)30-4)24(29)31-15-23(28)26(3)14-18-8-6-5-7-9-18/h5-13H,14-15H2,1-4H3. The fourth-order valence-electron chi connectivity index (χ4n) is 3.44. The zero-order chi connectivity index (χ0) is 22.5. The topological polar surface area (TPSA) is 60.8 Å². The lowest BCUT2D eigenvalue weighted by atomic mass is 10.2. The highest BCUT2D eigenvalue weighted by atomic mass is 35.5. The molecule has 6 nitrogen and oxygen atoms in total. The molecule has 3 rings (SSSR count). The summed E-state index contributed by atoms with van der Waals surface area (Å²) in [5, 5.41) is 0.555. The number of amides is 1. The van der Waals surface area contributed by atoms with Gasteiger partial charge in [0.05, 0.1) is 18.4 Å². The second-order valence-electron chi connectivity index (χ2n) is 7.25. The maximum Gasteiger partial charge on any atom is 0.340 e. The van der Waals surface area contributed by atoms with E-state index in [0.29, 0.717) is 28.6 Å². The van der Waals surface area contributed by atoms with Gasteiger partial charge < -0.3 is 18.9 Å². The zero-order valence-electron chi connectivity index (χ0n) is 18.0. The summed E-state index contributed by atoms with van der Waals surface area (Å²) in [4.78, 5) is 26.6. The van der Waals surface area contributed by atoms with Crippen LogP contribution in [0.5, 0.6) is 5.75 Å². The maximum atomic E-state index is 12.7. The van der Waals surface area contributed by atoms with Crippen molar-refractivity contribution in [2.24, 2.45) is 0 Å². The first-order chi connectivity index (χ1) is 14.8. The van der Waals surface area contributed by atoms with Crippen LogP contribution in [0.4, 0.5) is 0 Å². The van der Waals surface area contributed by atoms with Crippen LogP contribution in [0, 0.1) is 13.8 Å². The Labute approximate surface area is 186 Å². The number of ether oxygens (including phenoxy) is 2. The monoisotopic (exact) mass is 440 g/mol. The van der Waals surface area contributed by atoms with E-state index < -0.39 is 5.97 Å². The number of esters is 1. The third-order valence-electron chi connectivity index (χ3n) is 5.05. The Morgan fingerprint density at radius 3 is 2.45 bits per heavy atom. The van der Waals surface area contributed by atoms with Gasteiger partial charge in [0.25, 0.3) is 5.91 Å². The number of rotatable bonds is 7. The van der Waals surface area contributed by atoms with E-state index in [-0.39, 0.29) is 12.5 Å². The van der Waals surface area contributed by atoms with E-state index >= 15 is 0 Å². The van der Waals surface area contributed by atoms with Gasteiger partial charge in [-0.1, -0.05) is 41.9 Å². The third kappa shape index (κ3) is 5.09. The van der Waals surface area contributed by atoms with Crippen molar-refractivity contribution >= 4 is 23.5 Å². The lowest BCUT2D eigenvalue weighted by Gasteiger charge is -2.17. The molecule has 0 aliphatic carbocycles. The van der Waals surface area contributed by atoms with Crippen LogP contribution in [0.3, 0.4) is 0 Å². The number of nitrogens with zero attached hydrogens (tertiary/aromatic N) is 2. The lowest BCUT2D eigenvalue weighted by Crippen LogP contribution is -2.30. The van der Waals surface area contributed by atoms with E-state index in [0.717, 1.165) is 16.9 Å². The van der Waals surface area contributed by atoms with Crippen molar-refractivity contribution in [3.05, 3.63) is 82.1 Å². The summed E-state index contributed by atoms with van der Waals surface area (Å²) in [6.45, 7) is 3.81. The molecular formula is C24H25ClN2O4. The number of benzene rings is 2. The Morgan fingerprint density at radius 2 is 1.77 bits per heavy atom. The van der Waals surface area contributed by atoms with Crippen LogP contribution in [0.15, 0.2) is 54.6 Å². The molecule has 0 radical (unpaired) electrons. The quantitative estimate of drug-likeness (QED) is 0.505. The van der Waals surface area contributed by atoms with Crippen molar-refractivity contribution < 1.29 is 19.1 Å². The maximum absolute atomic E-state index is 12.7. The molecule has 0 N–H and O–H groups in total. The van der Waals surface area contributed by atoms with Gasteiger partial charge in [0.15, 0.2) is 6.61 Å². The largest absolute Gasteiger partial charge is 0.495 e. The summed E-state index contributed by atoms with van der Waals surface area (Å²) in [6, 6.07) is 16.6. The van der Waals surface area contributed by atoms with Crippen LogP contribution < -0.4 is 4.74 Å². The summed E-state index contributed by atoms with van der Waals surface area (Å²) in [5.41, 5.74) is 3.61. The predicted molar refractivity (Wildman–Crippen MR) is 120 cm³/mol. The number of methoxy groups -OCH3 is 1. The molecule has 1 heterocycles. The van der Waals surface area contributed by atoms with Gasteiger partial charge in [-0.2, -0.15) is 0 Å². The van der Waals surface area contributed by atoms with Crippen molar-refractivity contribution in [2.45, 2.75) is 20.4 Å². The second kappa shape index (κ2) is 9.71. The highest BCUT2D eigenvalue weighted by Gasteiger charge is 2.21. The smallest absolute Gasteiger partial charge is 0.340 e. The fraction of sp³-hybridized carbons (Fsp3) is 0.250. The Kier molecular flexibility index (Phi) is 7.02. The second-order valence-corrected chi connectivity index (χ2v) is 7.68. The van der Waals surface area contributed by atoms with Gasteiger partial charge in [-0.25, -0.2) is 4.79 Å². The molecule has 0 aliphatic rings. The number of aryl methyl sites for hydroxylation is 1. The number of likely N-dealkylation sites (N-methyl/N-ethyl adjacent to an activating group) is 1. The summed E-state index contributed by atoms with van der Waals surface area (Å²) >= 11 is 6.17. The van der Waals surface area contributed by atoms with Gasteiger partial charge in [0.2, 0.25) is 0 Å². The van der Waals surface area contributed by atoms with Gasteiger partial charge in [-0.15, -0.1) is 0 Å². The van der Waals surface area contributed by atoms with E-state index in [1.807, 2.05) is 48.7 Å². The van der Waals surface area contributed by atoms with Gasteiger partial charge in [0, 0.05) is 30.0 Å². The molecule has 3 aromatic rings. The minimum atomic E-state index is -0.554. The molecule has 162 valence electrons. The molecule has 0 fully saturated rings. The Balaban J connectivity index is 1.73. The summed E-state index contributed by atoms with van der Waals surface area (Å²) in [5.74, 6) is -0.201. The van der Waals surface area contributed by atoms with Crippen molar-refractivity contribution in [1.29, 1.82) is 0 Å². The van der Waals surface area contributed by atoms with Crippen molar-refractivity contribution in [3.8, 4) is 11.4 Å². The molecule has 0 saturated carbocycles. The molecule has 0 spiro atoms.